The van der Waals surface area contributed by atoms with Crippen LogP contribution in [0.25, 0.3) is 0 Å². The summed E-state index contributed by atoms with van der Waals surface area (Å²) >= 11 is 11.7. The molecule has 142 valence electrons. The number of halogens is 2. The highest BCUT2D eigenvalue weighted by Crippen LogP contribution is 2.52. The zero-order chi connectivity index (χ0) is 18.3. The number of hydrogen-bond donors (Lipinski definition) is 0. The van der Waals surface area contributed by atoms with E-state index >= 15 is 0 Å². The molecule has 2 atom stereocenters. The van der Waals surface area contributed by atoms with E-state index in [2.05, 4.69) is 0 Å². The van der Waals surface area contributed by atoms with E-state index in [-0.39, 0.29) is 24.5 Å². The van der Waals surface area contributed by atoms with Gasteiger partial charge < -0.3 is 14.0 Å². The predicted octanol–water partition coefficient (Wildman–Crippen LogP) is 4.12. The van der Waals surface area contributed by atoms with Gasteiger partial charge in [0.25, 0.3) is 0 Å². The number of hydrogen-bond acceptors (Lipinski definition) is 5. The van der Waals surface area contributed by atoms with Crippen molar-refractivity contribution in [2.24, 2.45) is 0 Å². The van der Waals surface area contributed by atoms with Crippen LogP contribution in [0.3, 0.4) is 0 Å². The van der Waals surface area contributed by atoms with Gasteiger partial charge in [0.2, 0.25) is 0 Å². The van der Waals surface area contributed by atoms with E-state index in [1.54, 1.807) is 28.9 Å². The van der Waals surface area contributed by atoms with Crippen LogP contribution in [0.2, 0.25) is 0 Å². The SMILES string of the molecule is CC1(C)OC[C@@H](CO[P@](=O)(Oc2ccccc2)N(CCCl)CCCl)O1. The van der Waals surface area contributed by atoms with Crippen LogP contribution in [-0.4, -0.2) is 54.6 Å². The monoisotopic (exact) mass is 411 g/mol. The van der Waals surface area contributed by atoms with Crippen LogP contribution in [0.15, 0.2) is 30.3 Å². The lowest BCUT2D eigenvalue weighted by molar-refractivity contribution is -0.141. The molecule has 2 rings (SSSR count). The summed E-state index contributed by atoms with van der Waals surface area (Å²) in [4.78, 5) is 0. The van der Waals surface area contributed by atoms with Gasteiger partial charge in [-0.3, -0.25) is 4.52 Å². The van der Waals surface area contributed by atoms with Crippen molar-refractivity contribution in [2.45, 2.75) is 25.7 Å². The second kappa shape index (κ2) is 9.56. The molecule has 1 fully saturated rings. The van der Waals surface area contributed by atoms with Crippen molar-refractivity contribution < 1.29 is 23.1 Å². The third kappa shape index (κ3) is 6.40. The third-order valence-corrected chi connectivity index (χ3v) is 5.83. The topological polar surface area (TPSA) is 57.2 Å². The Morgan fingerprint density at radius 2 is 1.88 bits per heavy atom. The molecule has 0 bridgehead atoms. The fraction of sp³-hybridized carbons (Fsp3) is 0.625. The molecule has 1 aliphatic heterocycles. The minimum Gasteiger partial charge on any atom is -0.413 e. The summed E-state index contributed by atoms with van der Waals surface area (Å²) in [5.41, 5.74) is 0. The first kappa shape index (κ1) is 21.0. The molecule has 9 heteroatoms. The molecular weight excluding hydrogens is 388 g/mol. The molecule has 0 saturated carbocycles. The average Bonchev–Trinajstić information content (AvgIpc) is 2.93. The minimum absolute atomic E-state index is 0.0780. The highest BCUT2D eigenvalue weighted by molar-refractivity contribution is 7.51. The first-order valence-electron chi connectivity index (χ1n) is 8.07. The maximum Gasteiger partial charge on any atom is 0.461 e. The van der Waals surface area contributed by atoms with Crippen molar-refractivity contribution in [3.05, 3.63) is 30.3 Å². The smallest absolute Gasteiger partial charge is 0.413 e. The minimum atomic E-state index is -3.65. The Labute approximate surface area is 158 Å². The first-order valence-corrected chi connectivity index (χ1v) is 10.6. The van der Waals surface area contributed by atoms with E-state index in [0.29, 0.717) is 25.4 Å². The molecule has 1 saturated heterocycles. The molecule has 6 nitrogen and oxygen atoms in total. The van der Waals surface area contributed by atoms with Gasteiger partial charge >= 0.3 is 7.75 Å². The number of alkyl halides is 2. The Kier molecular flexibility index (Phi) is 8.02. The summed E-state index contributed by atoms with van der Waals surface area (Å²) in [7, 11) is -3.65. The maximum atomic E-state index is 13.4. The molecule has 1 aromatic carbocycles. The van der Waals surface area contributed by atoms with Crippen LogP contribution in [0.5, 0.6) is 5.75 Å². The van der Waals surface area contributed by atoms with Crippen molar-refractivity contribution in [3.8, 4) is 5.75 Å². The van der Waals surface area contributed by atoms with Crippen LogP contribution in [0.1, 0.15) is 13.8 Å². The molecular formula is C16H24Cl2NO5P. The second-order valence-electron chi connectivity index (χ2n) is 5.95. The molecule has 0 aliphatic carbocycles. The molecule has 25 heavy (non-hydrogen) atoms. The van der Waals surface area contributed by atoms with Crippen LogP contribution in [-0.2, 0) is 18.6 Å². The highest BCUT2D eigenvalue weighted by atomic mass is 35.5. The van der Waals surface area contributed by atoms with Gasteiger partial charge in [0, 0.05) is 24.8 Å². The summed E-state index contributed by atoms with van der Waals surface area (Å²) in [6.07, 6.45) is -0.323. The van der Waals surface area contributed by atoms with E-state index in [9.17, 15) is 4.57 Å². The third-order valence-electron chi connectivity index (χ3n) is 3.49. The van der Waals surface area contributed by atoms with E-state index < -0.39 is 13.5 Å². The molecule has 1 heterocycles. The maximum absolute atomic E-state index is 13.4. The van der Waals surface area contributed by atoms with Crippen molar-refractivity contribution in [1.82, 2.24) is 4.67 Å². The van der Waals surface area contributed by atoms with Gasteiger partial charge in [-0.15, -0.1) is 23.2 Å². The molecule has 0 radical (unpaired) electrons. The number of nitrogens with zero attached hydrogens (tertiary/aromatic N) is 1. The van der Waals surface area contributed by atoms with E-state index in [1.807, 2.05) is 19.9 Å². The van der Waals surface area contributed by atoms with E-state index in [0.717, 1.165) is 0 Å². The van der Waals surface area contributed by atoms with Gasteiger partial charge in [-0.05, 0) is 26.0 Å². The number of rotatable bonds is 10. The quantitative estimate of drug-likeness (QED) is 0.426. The van der Waals surface area contributed by atoms with Crippen LogP contribution >= 0.6 is 30.9 Å². The van der Waals surface area contributed by atoms with Crippen molar-refractivity contribution in [3.63, 3.8) is 0 Å². The van der Waals surface area contributed by atoms with Crippen LogP contribution < -0.4 is 4.52 Å². The van der Waals surface area contributed by atoms with Crippen molar-refractivity contribution >= 4 is 30.9 Å². The lowest BCUT2D eigenvalue weighted by atomic mass is 10.3. The lowest BCUT2D eigenvalue weighted by Crippen LogP contribution is -2.31. The van der Waals surface area contributed by atoms with Gasteiger partial charge in [-0.2, -0.15) is 4.67 Å². The van der Waals surface area contributed by atoms with E-state index in [1.165, 1.54) is 0 Å². The Bertz CT molecular complexity index is 569. The molecule has 0 spiro atoms. The zero-order valence-corrected chi connectivity index (χ0v) is 16.8. The zero-order valence-electron chi connectivity index (χ0n) is 14.4. The summed E-state index contributed by atoms with van der Waals surface area (Å²) in [6.45, 7) is 4.73. The molecule has 1 aliphatic rings. The van der Waals surface area contributed by atoms with Gasteiger partial charge in [-0.1, -0.05) is 18.2 Å². The van der Waals surface area contributed by atoms with E-state index in [4.69, 9.17) is 41.7 Å². The van der Waals surface area contributed by atoms with Gasteiger partial charge in [-0.25, -0.2) is 4.57 Å². The standard InChI is InChI=1S/C16H24Cl2NO5P/c1-16(2)21-12-15(23-16)13-22-25(20,19(10-8-17)11-9-18)24-14-6-4-3-5-7-14/h3-7,15H,8-13H2,1-2H3/t15-,25-/m0/s1. The number of para-hydroxylation sites is 1. The summed E-state index contributed by atoms with van der Waals surface area (Å²) in [5.74, 6) is 0.324. The normalized spacial score (nSPS) is 22.0. The Hall–Kier alpha value is -0.330. The van der Waals surface area contributed by atoms with Crippen molar-refractivity contribution in [2.75, 3.05) is 38.1 Å². The fourth-order valence-electron chi connectivity index (χ4n) is 2.35. The summed E-state index contributed by atoms with van der Waals surface area (Å²) < 4.78 is 37.6. The van der Waals surface area contributed by atoms with Gasteiger partial charge in [0.15, 0.2) is 5.79 Å². The Morgan fingerprint density at radius 1 is 1.24 bits per heavy atom. The molecule has 1 aromatic rings. The average molecular weight is 412 g/mol. The highest BCUT2D eigenvalue weighted by Gasteiger charge is 2.39. The van der Waals surface area contributed by atoms with Gasteiger partial charge in [0.05, 0.1) is 13.2 Å². The number of benzene rings is 1. The number of ether oxygens (including phenoxy) is 2. The molecule has 0 N–H and O–H groups in total. The lowest BCUT2D eigenvalue weighted by Gasteiger charge is -2.30. The Balaban J connectivity index is 2.11. The fourth-order valence-corrected chi connectivity index (χ4v) is 4.76. The second-order valence-corrected chi connectivity index (χ2v) is 8.65. The molecule has 0 unspecified atom stereocenters. The molecule has 0 amide bonds. The summed E-state index contributed by atoms with van der Waals surface area (Å²) in [5, 5.41) is 0. The summed E-state index contributed by atoms with van der Waals surface area (Å²) in [6, 6.07) is 8.87. The van der Waals surface area contributed by atoms with Crippen molar-refractivity contribution in [1.29, 1.82) is 0 Å². The molecule has 0 aromatic heterocycles. The van der Waals surface area contributed by atoms with Crippen LogP contribution in [0.4, 0.5) is 0 Å². The Morgan fingerprint density at radius 3 is 2.40 bits per heavy atom. The largest absolute Gasteiger partial charge is 0.461 e. The first-order chi connectivity index (χ1) is 11.9. The van der Waals surface area contributed by atoms with Gasteiger partial charge in [0.1, 0.15) is 11.9 Å². The van der Waals surface area contributed by atoms with Crippen LogP contribution in [0, 0.1) is 0 Å². The predicted molar refractivity (Wildman–Crippen MR) is 98.5 cm³/mol.